The van der Waals surface area contributed by atoms with Crippen LogP contribution in [0, 0.1) is 17.0 Å². The minimum Gasteiger partial charge on any atom is -0.487 e. The van der Waals surface area contributed by atoms with Gasteiger partial charge in [0.15, 0.2) is 5.75 Å². The predicted molar refractivity (Wildman–Crippen MR) is 80.6 cm³/mol. The van der Waals surface area contributed by atoms with E-state index in [1.54, 1.807) is 31.5 Å². The lowest BCUT2D eigenvalue weighted by molar-refractivity contribution is -0.385. The Kier molecular flexibility index (Phi) is 4.71. The Morgan fingerprint density at radius 2 is 2.19 bits per heavy atom. The van der Waals surface area contributed by atoms with Crippen molar-refractivity contribution in [1.82, 2.24) is 4.98 Å². The van der Waals surface area contributed by atoms with Crippen LogP contribution in [0.2, 0.25) is 0 Å². The number of anilines is 1. The molecule has 0 fully saturated rings. The van der Waals surface area contributed by atoms with Crippen LogP contribution in [-0.4, -0.2) is 16.5 Å². The second-order valence-corrected chi connectivity index (χ2v) is 4.53. The number of nitrogens with one attached hydrogen (secondary N) is 1. The zero-order chi connectivity index (χ0) is 15.2. The van der Waals surface area contributed by atoms with Gasteiger partial charge in [0, 0.05) is 36.8 Å². The van der Waals surface area contributed by atoms with Crippen molar-refractivity contribution >= 4 is 11.4 Å². The number of rotatable bonds is 6. The van der Waals surface area contributed by atoms with Crippen molar-refractivity contribution in [3.8, 4) is 5.75 Å². The second kappa shape index (κ2) is 6.69. The fraction of sp³-hybridized carbons (Fsp3) is 0.267. The number of aryl methyl sites for hydroxylation is 1. The van der Waals surface area contributed by atoms with Crippen molar-refractivity contribution in [2.45, 2.75) is 20.4 Å². The van der Waals surface area contributed by atoms with Crippen molar-refractivity contribution in [2.24, 2.45) is 0 Å². The molecule has 1 heterocycles. The van der Waals surface area contributed by atoms with E-state index in [-0.39, 0.29) is 11.4 Å². The van der Waals surface area contributed by atoms with Crippen LogP contribution in [0.25, 0.3) is 0 Å². The van der Waals surface area contributed by atoms with Crippen molar-refractivity contribution in [3.05, 3.63) is 57.9 Å². The minimum atomic E-state index is -0.443. The van der Waals surface area contributed by atoms with Gasteiger partial charge in [-0.15, -0.1) is 0 Å². The molecule has 0 spiro atoms. The van der Waals surface area contributed by atoms with E-state index in [2.05, 4.69) is 10.3 Å². The summed E-state index contributed by atoms with van der Waals surface area (Å²) in [6, 6.07) is 6.72. The quantitative estimate of drug-likeness (QED) is 0.651. The SMILES string of the molecule is CCOc1cc(NCc2ccncc2C)ccc1[N+](=O)[O-]. The summed E-state index contributed by atoms with van der Waals surface area (Å²) < 4.78 is 5.32. The zero-order valence-corrected chi connectivity index (χ0v) is 12.0. The molecule has 21 heavy (non-hydrogen) atoms. The van der Waals surface area contributed by atoms with Gasteiger partial charge in [0.2, 0.25) is 0 Å². The highest BCUT2D eigenvalue weighted by Gasteiger charge is 2.15. The van der Waals surface area contributed by atoms with Crippen LogP contribution in [0.15, 0.2) is 36.7 Å². The van der Waals surface area contributed by atoms with Gasteiger partial charge in [-0.3, -0.25) is 15.1 Å². The summed E-state index contributed by atoms with van der Waals surface area (Å²) in [7, 11) is 0. The molecule has 2 aromatic rings. The van der Waals surface area contributed by atoms with Crippen LogP contribution >= 0.6 is 0 Å². The molecule has 6 heteroatoms. The maximum absolute atomic E-state index is 10.9. The maximum atomic E-state index is 10.9. The van der Waals surface area contributed by atoms with Crippen molar-refractivity contribution < 1.29 is 9.66 Å². The molecule has 0 aliphatic heterocycles. The topological polar surface area (TPSA) is 77.3 Å². The van der Waals surface area contributed by atoms with Gasteiger partial charge in [0.25, 0.3) is 0 Å². The molecule has 0 atom stereocenters. The molecule has 0 amide bonds. The molecular formula is C15H17N3O3. The third kappa shape index (κ3) is 3.68. The van der Waals surface area contributed by atoms with Gasteiger partial charge < -0.3 is 10.1 Å². The summed E-state index contributed by atoms with van der Waals surface area (Å²) in [6.07, 6.45) is 3.55. The van der Waals surface area contributed by atoms with Crippen LogP contribution < -0.4 is 10.1 Å². The first-order chi connectivity index (χ1) is 10.1. The van der Waals surface area contributed by atoms with E-state index in [4.69, 9.17) is 4.74 Å². The lowest BCUT2D eigenvalue weighted by Gasteiger charge is -2.10. The van der Waals surface area contributed by atoms with E-state index in [1.165, 1.54) is 6.07 Å². The maximum Gasteiger partial charge on any atom is 0.311 e. The molecule has 0 saturated carbocycles. The summed E-state index contributed by atoms with van der Waals surface area (Å²) in [6.45, 7) is 4.79. The number of pyridine rings is 1. The molecule has 110 valence electrons. The molecule has 1 aromatic heterocycles. The molecule has 0 bridgehead atoms. The van der Waals surface area contributed by atoms with Crippen molar-refractivity contribution in [1.29, 1.82) is 0 Å². The molecule has 0 radical (unpaired) electrons. The number of nitrogens with zero attached hydrogens (tertiary/aromatic N) is 2. The summed E-state index contributed by atoms with van der Waals surface area (Å²) in [4.78, 5) is 14.5. The highest BCUT2D eigenvalue weighted by molar-refractivity contribution is 5.58. The smallest absolute Gasteiger partial charge is 0.311 e. The third-order valence-electron chi connectivity index (χ3n) is 3.08. The fourth-order valence-electron chi connectivity index (χ4n) is 1.94. The van der Waals surface area contributed by atoms with E-state index >= 15 is 0 Å². The first kappa shape index (κ1) is 14.8. The Morgan fingerprint density at radius 1 is 1.38 bits per heavy atom. The number of nitro groups is 1. The number of aromatic nitrogens is 1. The normalized spacial score (nSPS) is 10.2. The standard InChI is InChI=1S/C15H17N3O3/c1-3-21-15-8-13(4-5-14(15)18(19)20)17-10-12-6-7-16-9-11(12)2/h4-9,17H,3,10H2,1-2H3. The Hall–Kier alpha value is -2.63. The molecule has 1 aromatic carbocycles. The van der Waals surface area contributed by atoms with Crippen LogP contribution in [0.5, 0.6) is 5.75 Å². The highest BCUT2D eigenvalue weighted by atomic mass is 16.6. The van der Waals surface area contributed by atoms with E-state index < -0.39 is 4.92 Å². The molecule has 0 saturated heterocycles. The Labute approximate surface area is 122 Å². The van der Waals surface area contributed by atoms with Crippen LogP contribution in [0.1, 0.15) is 18.1 Å². The number of hydrogen-bond donors (Lipinski definition) is 1. The summed E-state index contributed by atoms with van der Waals surface area (Å²) in [5, 5.41) is 14.2. The number of benzene rings is 1. The van der Waals surface area contributed by atoms with Gasteiger partial charge in [-0.2, -0.15) is 0 Å². The molecule has 0 aliphatic carbocycles. The average Bonchev–Trinajstić information content (AvgIpc) is 2.46. The third-order valence-corrected chi connectivity index (χ3v) is 3.08. The molecule has 6 nitrogen and oxygen atoms in total. The Balaban J connectivity index is 2.15. The molecule has 2 rings (SSSR count). The average molecular weight is 287 g/mol. The molecule has 0 unspecified atom stereocenters. The summed E-state index contributed by atoms with van der Waals surface area (Å²) in [5.74, 6) is 0.277. The van der Waals surface area contributed by atoms with Crippen LogP contribution in [0.3, 0.4) is 0 Å². The highest BCUT2D eigenvalue weighted by Crippen LogP contribution is 2.30. The first-order valence-electron chi connectivity index (χ1n) is 6.66. The lowest BCUT2D eigenvalue weighted by atomic mass is 10.1. The predicted octanol–water partition coefficient (Wildman–Crippen LogP) is 3.31. The molecular weight excluding hydrogens is 270 g/mol. The number of ether oxygens (including phenoxy) is 1. The Bertz CT molecular complexity index is 644. The van der Waals surface area contributed by atoms with Crippen molar-refractivity contribution in [2.75, 3.05) is 11.9 Å². The van der Waals surface area contributed by atoms with Crippen LogP contribution in [-0.2, 0) is 6.54 Å². The second-order valence-electron chi connectivity index (χ2n) is 4.53. The van der Waals surface area contributed by atoms with Crippen LogP contribution in [0.4, 0.5) is 11.4 Å². The number of hydrogen-bond acceptors (Lipinski definition) is 5. The van der Waals surface area contributed by atoms with E-state index in [1.807, 2.05) is 13.0 Å². The monoisotopic (exact) mass is 287 g/mol. The lowest BCUT2D eigenvalue weighted by Crippen LogP contribution is -2.03. The van der Waals surface area contributed by atoms with Gasteiger partial charge >= 0.3 is 5.69 Å². The molecule has 1 N–H and O–H groups in total. The van der Waals surface area contributed by atoms with Gasteiger partial charge in [-0.25, -0.2) is 0 Å². The van der Waals surface area contributed by atoms with E-state index in [9.17, 15) is 10.1 Å². The van der Waals surface area contributed by atoms with E-state index in [0.29, 0.717) is 13.2 Å². The zero-order valence-electron chi connectivity index (χ0n) is 12.0. The summed E-state index contributed by atoms with van der Waals surface area (Å²) >= 11 is 0. The first-order valence-corrected chi connectivity index (χ1v) is 6.66. The largest absolute Gasteiger partial charge is 0.487 e. The summed E-state index contributed by atoms with van der Waals surface area (Å²) in [5.41, 5.74) is 2.97. The van der Waals surface area contributed by atoms with Gasteiger partial charge in [0.1, 0.15) is 0 Å². The fourth-order valence-corrected chi connectivity index (χ4v) is 1.94. The Morgan fingerprint density at radius 3 is 2.86 bits per heavy atom. The minimum absolute atomic E-state index is 0.0255. The van der Waals surface area contributed by atoms with Crippen molar-refractivity contribution in [3.63, 3.8) is 0 Å². The van der Waals surface area contributed by atoms with Gasteiger partial charge in [-0.05, 0) is 37.1 Å². The number of nitro benzene ring substituents is 1. The van der Waals surface area contributed by atoms with E-state index in [0.717, 1.165) is 16.8 Å². The van der Waals surface area contributed by atoms with Gasteiger partial charge in [0.05, 0.1) is 11.5 Å². The molecule has 0 aliphatic rings. The van der Waals surface area contributed by atoms with Gasteiger partial charge in [-0.1, -0.05) is 0 Å².